The molecule has 0 bridgehead atoms. The van der Waals surface area contributed by atoms with Gasteiger partial charge in [-0.1, -0.05) is 23.4 Å². The highest BCUT2D eigenvalue weighted by atomic mass is 35.5. The minimum Gasteiger partial charge on any atom is -0.489 e. The number of nitrogens with zero attached hydrogens (tertiary/aromatic N) is 1. The molecule has 3 rings (SSSR count). The van der Waals surface area contributed by atoms with Crippen molar-refractivity contribution in [3.63, 3.8) is 0 Å². The van der Waals surface area contributed by atoms with Crippen LogP contribution >= 0.6 is 23.4 Å². The Balaban J connectivity index is 1.59. The predicted octanol–water partition coefficient (Wildman–Crippen LogP) is 2.29. The van der Waals surface area contributed by atoms with E-state index in [1.54, 1.807) is 11.0 Å². The van der Waals surface area contributed by atoms with Gasteiger partial charge in [0.05, 0.1) is 18.2 Å². The molecule has 2 aliphatic heterocycles. The average molecular weight is 357 g/mol. The Morgan fingerprint density at radius 2 is 2.17 bits per heavy atom. The maximum absolute atomic E-state index is 11.9. The number of ether oxygens (including phenoxy) is 2. The van der Waals surface area contributed by atoms with Gasteiger partial charge in [-0.3, -0.25) is 9.59 Å². The van der Waals surface area contributed by atoms with E-state index in [2.05, 4.69) is 5.32 Å². The van der Waals surface area contributed by atoms with E-state index in [1.165, 1.54) is 11.8 Å². The third-order valence-corrected chi connectivity index (χ3v) is 4.70. The number of hydrogen-bond donors (Lipinski definition) is 1. The van der Waals surface area contributed by atoms with Crippen molar-refractivity contribution in [3.8, 4) is 11.5 Å². The monoisotopic (exact) mass is 356 g/mol. The summed E-state index contributed by atoms with van der Waals surface area (Å²) in [7, 11) is 0. The standard InChI is InChI=1S/C15H17ClN2O4S/c16-11-6-10(7-12-14(11)22-4-1-3-21-12)8-17-13(19)9-18-2-5-23-15(18)20/h6-7H,1-5,8-9H2,(H,17,19). The van der Waals surface area contributed by atoms with Crippen LogP contribution in [0.4, 0.5) is 4.79 Å². The fourth-order valence-electron chi connectivity index (χ4n) is 2.39. The highest BCUT2D eigenvalue weighted by Gasteiger charge is 2.23. The van der Waals surface area contributed by atoms with Gasteiger partial charge in [-0.05, 0) is 17.7 Å². The molecule has 0 spiro atoms. The summed E-state index contributed by atoms with van der Waals surface area (Å²) in [4.78, 5) is 25.0. The largest absolute Gasteiger partial charge is 0.489 e. The number of carbonyl (C=O) groups is 2. The fourth-order valence-corrected chi connectivity index (χ4v) is 3.50. The average Bonchev–Trinajstić information content (AvgIpc) is 2.78. The Morgan fingerprint density at radius 1 is 1.35 bits per heavy atom. The van der Waals surface area contributed by atoms with Crippen LogP contribution in [0.5, 0.6) is 11.5 Å². The van der Waals surface area contributed by atoms with Gasteiger partial charge >= 0.3 is 0 Å². The molecular weight excluding hydrogens is 340 g/mol. The number of fused-ring (bicyclic) bond motifs is 1. The first kappa shape index (κ1) is 16.3. The van der Waals surface area contributed by atoms with E-state index in [9.17, 15) is 9.59 Å². The molecule has 8 heteroatoms. The van der Waals surface area contributed by atoms with Crippen LogP contribution in [0, 0.1) is 0 Å². The molecule has 0 atom stereocenters. The van der Waals surface area contributed by atoms with Crippen LogP contribution in [0.15, 0.2) is 12.1 Å². The number of nitrogens with one attached hydrogen (secondary N) is 1. The number of amides is 2. The summed E-state index contributed by atoms with van der Waals surface area (Å²) in [6.45, 7) is 2.18. The normalized spacial score (nSPS) is 17.1. The summed E-state index contributed by atoms with van der Waals surface area (Å²) in [6, 6.07) is 3.58. The Morgan fingerprint density at radius 3 is 2.96 bits per heavy atom. The van der Waals surface area contributed by atoms with Gasteiger partial charge in [0, 0.05) is 25.3 Å². The van der Waals surface area contributed by atoms with Crippen LogP contribution in [0.3, 0.4) is 0 Å². The molecule has 0 unspecified atom stereocenters. The van der Waals surface area contributed by atoms with Crippen molar-refractivity contribution in [1.82, 2.24) is 10.2 Å². The van der Waals surface area contributed by atoms with E-state index in [1.807, 2.05) is 6.07 Å². The molecule has 0 aromatic heterocycles. The first-order valence-electron chi connectivity index (χ1n) is 7.40. The molecule has 0 radical (unpaired) electrons. The van der Waals surface area contributed by atoms with Gasteiger partial charge in [-0.2, -0.15) is 0 Å². The molecular formula is C15H17ClN2O4S. The molecule has 23 heavy (non-hydrogen) atoms. The number of thioether (sulfide) groups is 1. The summed E-state index contributed by atoms with van der Waals surface area (Å²) in [6.07, 6.45) is 0.805. The lowest BCUT2D eigenvalue weighted by Gasteiger charge is -2.15. The van der Waals surface area contributed by atoms with E-state index in [-0.39, 0.29) is 17.7 Å². The van der Waals surface area contributed by atoms with Crippen LogP contribution in [0.25, 0.3) is 0 Å². The quantitative estimate of drug-likeness (QED) is 0.896. The molecule has 0 saturated carbocycles. The molecule has 2 amide bonds. The van der Waals surface area contributed by atoms with Crippen LogP contribution in [0.2, 0.25) is 5.02 Å². The molecule has 1 N–H and O–H groups in total. The highest BCUT2D eigenvalue weighted by Crippen LogP contribution is 2.37. The van der Waals surface area contributed by atoms with Gasteiger partial charge in [-0.15, -0.1) is 0 Å². The number of rotatable bonds is 4. The molecule has 1 saturated heterocycles. The van der Waals surface area contributed by atoms with Crippen LogP contribution in [-0.4, -0.2) is 48.1 Å². The maximum atomic E-state index is 11.9. The van der Waals surface area contributed by atoms with Crippen LogP contribution in [-0.2, 0) is 11.3 Å². The second kappa shape index (κ2) is 7.31. The number of halogens is 1. The third-order valence-electron chi connectivity index (χ3n) is 3.53. The predicted molar refractivity (Wildman–Crippen MR) is 88.3 cm³/mol. The van der Waals surface area contributed by atoms with Crippen LogP contribution in [0.1, 0.15) is 12.0 Å². The SMILES string of the molecule is O=C(CN1CCSC1=O)NCc1cc(Cl)c2c(c1)OCCCO2. The van der Waals surface area contributed by atoms with Crippen molar-refractivity contribution < 1.29 is 19.1 Å². The lowest BCUT2D eigenvalue weighted by Crippen LogP contribution is -2.36. The maximum Gasteiger partial charge on any atom is 0.282 e. The molecule has 2 aliphatic rings. The Hall–Kier alpha value is -1.60. The highest BCUT2D eigenvalue weighted by molar-refractivity contribution is 8.13. The van der Waals surface area contributed by atoms with Crippen molar-refractivity contribution in [2.24, 2.45) is 0 Å². The van der Waals surface area contributed by atoms with Gasteiger partial charge in [0.15, 0.2) is 11.5 Å². The van der Waals surface area contributed by atoms with Crippen molar-refractivity contribution in [1.29, 1.82) is 0 Å². The summed E-state index contributed by atoms with van der Waals surface area (Å²) >= 11 is 7.46. The van der Waals surface area contributed by atoms with Gasteiger partial charge in [0.2, 0.25) is 5.91 Å². The smallest absolute Gasteiger partial charge is 0.282 e. The second-order valence-corrected chi connectivity index (χ2v) is 6.72. The molecule has 1 fully saturated rings. The lowest BCUT2D eigenvalue weighted by atomic mass is 10.2. The van der Waals surface area contributed by atoms with Crippen molar-refractivity contribution in [2.75, 3.05) is 32.1 Å². The minimum atomic E-state index is -0.191. The number of hydrogen-bond acceptors (Lipinski definition) is 5. The topological polar surface area (TPSA) is 67.9 Å². The molecule has 1 aromatic carbocycles. The molecule has 1 aromatic rings. The second-order valence-electron chi connectivity index (χ2n) is 5.27. The first-order valence-corrected chi connectivity index (χ1v) is 8.76. The minimum absolute atomic E-state index is 0.0428. The zero-order valence-electron chi connectivity index (χ0n) is 12.5. The van der Waals surface area contributed by atoms with Crippen molar-refractivity contribution in [2.45, 2.75) is 13.0 Å². The summed E-state index contributed by atoms with van der Waals surface area (Å²) in [5.41, 5.74) is 0.828. The lowest BCUT2D eigenvalue weighted by molar-refractivity contribution is -0.121. The fraction of sp³-hybridized carbons (Fsp3) is 0.467. The first-order chi connectivity index (χ1) is 11.1. The van der Waals surface area contributed by atoms with Gasteiger partial charge in [0.1, 0.15) is 6.54 Å². The van der Waals surface area contributed by atoms with Gasteiger partial charge < -0.3 is 19.7 Å². The summed E-state index contributed by atoms with van der Waals surface area (Å²) < 4.78 is 11.2. The van der Waals surface area contributed by atoms with E-state index >= 15 is 0 Å². The molecule has 124 valence electrons. The van der Waals surface area contributed by atoms with Crippen molar-refractivity contribution >= 4 is 34.5 Å². The van der Waals surface area contributed by atoms with E-state index in [4.69, 9.17) is 21.1 Å². The van der Waals surface area contributed by atoms with E-state index in [0.717, 1.165) is 17.7 Å². The van der Waals surface area contributed by atoms with Gasteiger partial charge in [0.25, 0.3) is 5.24 Å². The Bertz CT molecular complexity index is 626. The Kier molecular flexibility index (Phi) is 5.17. The molecule has 2 heterocycles. The van der Waals surface area contributed by atoms with E-state index in [0.29, 0.717) is 42.8 Å². The van der Waals surface area contributed by atoms with Crippen LogP contribution < -0.4 is 14.8 Å². The number of carbonyl (C=O) groups excluding carboxylic acids is 2. The zero-order chi connectivity index (χ0) is 16.2. The zero-order valence-corrected chi connectivity index (χ0v) is 14.0. The Labute approximate surface area is 143 Å². The molecule has 0 aliphatic carbocycles. The van der Waals surface area contributed by atoms with E-state index < -0.39 is 0 Å². The summed E-state index contributed by atoms with van der Waals surface area (Å²) in [5, 5.41) is 3.23. The molecule has 6 nitrogen and oxygen atoms in total. The van der Waals surface area contributed by atoms with Gasteiger partial charge in [-0.25, -0.2) is 0 Å². The van der Waals surface area contributed by atoms with Crippen molar-refractivity contribution in [3.05, 3.63) is 22.7 Å². The number of benzene rings is 1. The third kappa shape index (κ3) is 4.03. The summed E-state index contributed by atoms with van der Waals surface area (Å²) in [5.74, 6) is 1.71.